The average molecular weight is 273 g/mol. The van der Waals surface area contributed by atoms with E-state index in [1.54, 1.807) is 6.20 Å². The van der Waals surface area contributed by atoms with Crippen molar-refractivity contribution in [3.05, 3.63) is 30.5 Å². The number of hydrogen-bond donors (Lipinski definition) is 2. The van der Waals surface area contributed by atoms with Crippen LogP contribution in [0, 0.1) is 0 Å². The van der Waals surface area contributed by atoms with E-state index in [-0.39, 0.29) is 6.10 Å². The number of rotatable bonds is 4. The summed E-state index contributed by atoms with van der Waals surface area (Å²) in [4.78, 5) is 19.4. The highest BCUT2D eigenvalue weighted by Crippen LogP contribution is 2.20. The maximum absolute atomic E-state index is 10.8. The van der Waals surface area contributed by atoms with Crippen LogP contribution in [-0.4, -0.2) is 39.8 Å². The summed E-state index contributed by atoms with van der Waals surface area (Å²) >= 11 is 0. The first-order valence-electron chi connectivity index (χ1n) is 6.56. The standard InChI is InChI=1S/C14H15N3O3/c18-13(19)12-6-5-10(20-12)8-16-14-15-7-9-3-1-2-4-11(9)17-14/h1-4,7,10,12H,5-6,8H2,(H,18,19)(H,15,16,17). The predicted molar refractivity (Wildman–Crippen MR) is 73.6 cm³/mol. The van der Waals surface area contributed by atoms with Gasteiger partial charge < -0.3 is 15.2 Å². The normalized spacial score (nSPS) is 22.0. The molecule has 1 aliphatic rings. The third-order valence-electron chi connectivity index (χ3n) is 3.36. The zero-order valence-corrected chi connectivity index (χ0v) is 10.8. The van der Waals surface area contributed by atoms with Gasteiger partial charge in [0.1, 0.15) is 0 Å². The van der Waals surface area contributed by atoms with Crippen molar-refractivity contribution in [1.29, 1.82) is 0 Å². The first kappa shape index (κ1) is 12.8. The van der Waals surface area contributed by atoms with E-state index in [2.05, 4.69) is 15.3 Å². The quantitative estimate of drug-likeness (QED) is 0.881. The van der Waals surface area contributed by atoms with Crippen LogP contribution < -0.4 is 5.32 Å². The van der Waals surface area contributed by atoms with Crippen LogP contribution in [0.3, 0.4) is 0 Å². The number of para-hydroxylation sites is 1. The molecule has 0 amide bonds. The molecule has 2 heterocycles. The lowest BCUT2D eigenvalue weighted by molar-refractivity contribution is -0.149. The summed E-state index contributed by atoms with van der Waals surface area (Å²) < 4.78 is 5.41. The molecule has 2 atom stereocenters. The molecule has 1 aromatic carbocycles. The van der Waals surface area contributed by atoms with E-state index in [1.165, 1.54) is 0 Å². The zero-order valence-electron chi connectivity index (χ0n) is 10.8. The van der Waals surface area contributed by atoms with Crippen molar-refractivity contribution in [3.8, 4) is 0 Å². The number of benzene rings is 1. The summed E-state index contributed by atoms with van der Waals surface area (Å²) in [5.74, 6) is -0.361. The Morgan fingerprint density at radius 2 is 2.25 bits per heavy atom. The highest BCUT2D eigenvalue weighted by molar-refractivity contribution is 5.78. The predicted octanol–water partition coefficient (Wildman–Crippen LogP) is 1.67. The average Bonchev–Trinajstić information content (AvgIpc) is 2.94. The van der Waals surface area contributed by atoms with Gasteiger partial charge in [-0.1, -0.05) is 18.2 Å². The van der Waals surface area contributed by atoms with Gasteiger partial charge in [-0.3, -0.25) is 0 Å². The Kier molecular flexibility index (Phi) is 3.47. The van der Waals surface area contributed by atoms with Gasteiger partial charge in [-0.15, -0.1) is 0 Å². The lowest BCUT2D eigenvalue weighted by atomic mass is 10.2. The monoisotopic (exact) mass is 273 g/mol. The lowest BCUT2D eigenvalue weighted by Gasteiger charge is -2.12. The lowest BCUT2D eigenvalue weighted by Crippen LogP contribution is -2.25. The number of carboxylic acids is 1. The highest BCUT2D eigenvalue weighted by atomic mass is 16.5. The Bertz CT molecular complexity index is 632. The van der Waals surface area contributed by atoms with Crippen molar-refractivity contribution in [2.75, 3.05) is 11.9 Å². The van der Waals surface area contributed by atoms with Gasteiger partial charge in [0.05, 0.1) is 11.6 Å². The number of aromatic nitrogens is 2. The molecule has 0 aliphatic carbocycles. The van der Waals surface area contributed by atoms with E-state index in [0.717, 1.165) is 17.3 Å². The van der Waals surface area contributed by atoms with Crippen LogP contribution in [0.4, 0.5) is 5.95 Å². The van der Waals surface area contributed by atoms with Gasteiger partial charge in [0.2, 0.25) is 5.95 Å². The molecule has 6 heteroatoms. The molecule has 1 aromatic heterocycles. The smallest absolute Gasteiger partial charge is 0.332 e. The van der Waals surface area contributed by atoms with Crippen LogP contribution in [-0.2, 0) is 9.53 Å². The topological polar surface area (TPSA) is 84.3 Å². The summed E-state index contributed by atoms with van der Waals surface area (Å²) in [6.07, 6.45) is 2.27. The third kappa shape index (κ3) is 2.70. The van der Waals surface area contributed by atoms with E-state index in [9.17, 15) is 4.79 Å². The molecule has 20 heavy (non-hydrogen) atoms. The number of nitrogens with zero attached hydrogens (tertiary/aromatic N) is 2. The van der Waals surface area contributed by atoms with Crippen molar-refractivity contribution in [1.82, 2.24) is 9.97 Å². The first-order chi connectivity index (χ1) is 9.72. The van der Waals surface area contributed by atoms with Crippen LogP contribution in [0.2, 0.25) is 0 Å². The molecule has 3 rings (SSSR count). The SMILES string of the molecule is O=C(O)C1CCC(CNc2ncc3ccccc3n2)O1. The van der Waals surface area contributed by atoms with Crippen molar-refractivity contribution in [3.63, 3.8) is 0 Å². The van der Waals surface area contributed by atoms with Gasteiger partial charge in [-0.2, -0.15) is 0 Å². The molecule has 0 saturated carbocycles. The number of carbonyl (C=O) groups is 1. The van der Waals surface area contributed by atoms with Gasteiger partial charge >= 0.3 is 5.97 Å². The summed E-state index contributed by atoms with van der Waals surface area (Å²) in [5, 5.41) is 12.9. The number of anilines is 1. The minimum Gasteiger partial charge on any atom is -0.479 e. The molecule has 1 aliphatic heterocycles. The Labute approximate surface area is 115 Å². The van der Waals surface area contributed by atoms with Crippen LogP contribution in [0.15, 0.2) is 30.5 Å². The number of carboxylic acid groups (broad SMARTS) is 1. The molecular weight excluding hydrogens is 258 g/mol. The molecule has 104 valence electrons. The minimum atomic E-state index is -0.894. The fraction of sp³-hybridized carbons (Fsp3) is 0.357. The Balaban J connectivity index is 1.61. The Hall–Kier alpha value is -2.21. The minimum absolute atomic E-state index is 0.105. The molecule has 0 spiro atoms. The van der Waals surface area contributed by atoms with E-state index in [0.29, 0.717) is 18.9 Å². The molecular formula is C14H15N3O3. The van der Waals surface area contributed by atoms with E-state index in [4.69, 9.17) is 9.84 Å². The van der Waals surface area contributed by atoms with E-state index in [1.807, 2.05) is 24.3 Å². The van der Waals surface area contributed by atoms with Crippen molar-refractivity contribution < 1.29 is 14.6 Å². The molecule has 1 fully saturated rings. The molecule has 2 unspecified atom stereocenters. The van der Waals surface area contributed by atoms with Crippen LogP contribution in [0.5, 0.6) is 0 Å². The summed E-state index contributed by atoms with van der Waals surface area (Å²) in [6, 6.07) is 7.75. The molecule has 0 radical (unpaired) electrons. The second kappa shape index (κ2) is 5.42. The first-order valence-corrected chi connectivity index (χ1v) is 6.56. The number of ether oxygens (including phenoxy) is 1. The Morgan fingerprint density at radius 3 is 3.05 bits per heavy atom. The second-order valence-electron chi connectivity index (χ2n) is 4.80. The molecule has 2 N–H and O–H groups in total. The fourth-order valence-electron chi connectivity index (χ4n) is 2.30. The molecule has 6 nitrogen and oxygen atoms in total. The maximum Gasteiger partial charge on any atom is 0.332 e. The summed E-state index contributed by atoms with van der Waals surface area (Å²) in [6.45, 7) is 0.516. The Morgan fingerprint density at radius 1 is 1.40 bits per heavy atom. The van der Waals surface area contributed by atoms with Crippen LogP contribution in [0.25, 0.3) is 10.9 Å². The number of fused-ring (bicyclic) bond motifs is 1. The number of nitrogens with one attached hydrogen (secondary N) is 1. The highest BCUT2D eigenvalue weighted by Gasteiger charge is 2.30. The number of hydrogen-bond acceptors (Lipinski definition) is 5. The molecule has 1 saturated heterocycles. The van der Waals surface area contributed by atoms with Gasteiger partial charge in [0.15, 0.2) is 6.10 Å². The van der Waals surface area contributed by atoms with Gasteiger partial charge in [-0.25, -0.2) is 14.8 Å². The third-order valence-corrected chi connectivity index (χ3v) is 3.36. The largest absolute Gasteiger partial charge is 0.479 e. The molecule has 0 bridgehead atoms. The van der Waals surface area contributed by atoms with Crippen LogP contribution >= 0.6 is 0 Å². The van der Waals surface area contributed by atoms with E-state index < -0.39 is 12.1 Å². The summed E-state index contributed by atoms with van der Waals surface area (Å²) in [7, 11) is 0. The summed E-state index contributed by atoms with van der Waals surface area (Å²) in [5.41, 5.74) is 0.876. The van der Waals surface area contributed by atoms with Gasteiger partial charge in [0, 0.05) is 18.1 Å². The van der Waals surface area contributed by atoms with Crippen molar-refractivity contribution in [2.45, 2.75) is 25.0 Å². The zero-order chi connectivity index (χ0) is 13.9. The van der Waals surface area contributed by atoms with E-state index >= 15 is 0 Å². The fourth-order valence-corrected chi connectivity index (χ4v) is 2.30. The second-order valence-corrected chi connectivity index (χ2v) is 4.80. The number of aliphatic carboxylic acids is 1. The van der Waals surface area contributed by atoms with Crippen molar-refractivity contribution >= 4 is 22.8 Å². The van der Waals surface area contributed by atoms with Crippen molar-refractivity contribution in [2.24, 2.45) is 0 Å². The van der Waals surface area contributed by atoms with Crippen LogP contribution in [0.1, 0.15) is 12.8 Å². The van der Waals surface area contributed by atoms with Gasteiger partial charge in [0.25, 0.3) is 0 Å². The maximum atomic E-state index is 10.8. The van der Waals surface area contributed by atoms with Gasteiger partial charge in [-0.05, 0) is 18.9 Å². The molecule has 2 aromatic rings.